The average Bonchev–Trinajstić information content (AvgIpc) is 2.46. The number of Topliss-reactive ketones (excluding diaryl/α,β-unsaturated/α-hetero) is 1. The molecule has 0 amide bonds. The first-order chi connectivity index (χ1) is 11.1. The quantitative estimate of drug-likeness (QED) is 0.815. The van der Waals surface area contributed by atoms with Crippen LogP contribution in [0.25, 0.3) is 0 Å². The summed E-state index contributed by atoms with van der Waals surface area (Å²) >= 11 is 0. The third-order valence-corrected chi connectivity index (χ3v) is 6.03. The van der Waals surface area contributed by atoms with Gasteiger partial charge in [0.1, 0.15) is 11.5 Å². The zero-order chi connectivity index (χ0) is 17.9. The minimum absolute atomic E-state index is 0.0474. The van der Waals surface area contributed by atoms with E-state index in [2.05, 4.69) is 13.8 Å². The number of carbonyl (C=O) groups is 1. The Hall–Kier alpha value is -1.55. The van der Waals surface area contributed by atoms with Gasteiger partial charge in [-0.2, -0.15) is 0 Å². The number of aromatic hydroxyl groups is 1. The SMILES string of the molecule is CCCc1cc2c(c(O)c1C(C)=O)C1[C@@H](C)[C@@](O)(CCC1(C)C)O2. The molecule has 1 heterocycles. The summed E-state index contributed by atoms with van der Waals surface area (Å²) in [5.74, 6) is -0.913. The van der Waals surface area contributed by atoms with Crippen LogP contribution in [-0.2, 0) is 6.42 Å². The number of hydrogen-bond acceptors (Lipinski definition) is 4. The van der Waals surface area contributed by atoms with E-state index in [9.17, 15) is 15.0 Å². The van der Waals surface area contributed by atoms with Crippen LogP contribution in [0.2, 0.25) is 0 Å². The summed E-state index contributed by atoms with van der Waals surface area (Å²) in [6.45, 7) is 9.83. The Bertz CT molecular complexity index is 691. The molecule has 1 aliphatic heterocycles. The molecule has 1 aromatic rings. The van der Waals surface area contributed by atoms with Crippen LogP contribution < -0.4 is 4.74 Å². The molecule has 3 atom stereocenters. The molecule has 3 rings (SSSR count). The van der Waals surface area contributed by atoms with Crippen molar-refractivity contribution in [2.24, 2.45) is 11.3 Å². The van der Waals surface area contributed by atoms with Crippen LogP contribution in [0.3, 0.4) is 0 Å². The summed E-state index contributed by atoms with van der Waals surface area (Å²) in [5, 5.41) is 21.9. The predicted molar refractivity (Wildman–Crippen MR) is 92.6 cm³/mol. The molecule has 2 aliphatic rings. The first-order valence-corrected chi connectivity index (χ1v) is 8.93. The molecule has 0 radical (unpaired) electrons. The molecule has 2 N–H and O–H groups in total. The van der Waals surface area contributed by atoms with Gasteiger partial charge in [0.2, 0.25) is 5.79 Å². The van der Waals surface area contributed by atoms with Gasteiger partial charge in [-0.15, -0.1) is 0 Å². The fourth-order valence-electron chi connectivity index (χ4n) is 4.75. The largest absolute Gasteiger partial charge is 0.507 e. The summed E-state index contributed by atoms with van der Waals surface area (Å²) < 4.78 is 5.98. The number of aryl methyl sites for hydroxylation is 1. The maximum Gasteiger partial charge on any atom is 0.211 e. The molecule has 2 bridgehead atoms. The van der Waals surface area contributed by atoms with E-state index in [1.165, 1.54) is 6.92 Å². The minimum atomic E-state index is -1.19. The topological polar surface area (TPSA) is 66.8 Å². The molecule has 1 aromatic carbocycles. The standard InChI is InChI=1S/C20H28O4/c1-6-7-13-10-14-16(18(22)15(13)12(3)21)17-11(2)20(23,24-14)9-8-19(17,4)5/h10-11,17,22-23H,6-9H2,1-5H3/t11-,17?,20-/m1/s1. The molecule has 132 valence electrons. The van der Waals surface area contributed by atoms with E-state index in [-0.39, 0.29) is 28.8 Å². The number of ketones is 1. The van der Waals surface area contributed by atoms with Gasteiger partial charge in [0.15, 0.2) is 5.78 Å². The second-order valence-corrected chi connectivity index (χ2v) is 8.18. The first-order valence-electron chi connectivity index (χ1n) is 8.93. The molecule has 4 nitrogen and oxygen atoms in total. The lowest BCUT2D eigenvalue weighted by Crippen LogP contribution is -2.55. The summed E-state index contributed by atoms with van der Waals surface area (Å²) in [5.41, 5.74) is 1.83. The fraction of sp³-hybridized carbons (Fsp3) is 0.650. The summed E-state index contributed by atoms with van der Waals surface area (Å²) in [4.78, 5) is 12.2. The zero-order valence-electron chi connectivity index (χ0n) is 15.3. The molecule has 1 saturated carbocycles. The lowest BCUT2D eigenvalue weighted by molar-refractivity contribution is -0.225. The normalized spacial score (nSPS) is 30.4. The van der Waals surface area contributed by atoms with Gasteiger partial charge in [-0.1, -0.05) is 34.1 Å². The number of phenolic OH excluding ortho intramolecular Hbond substituents is 1. The van der Waals surface area contributed by atoms with E-state index in [4.69, 9.17) is 4.74 Å². The van der Waals surface area contributed by atoms with Crippen molar-refractivity contribution in [1.82, 2.24) is 0 Å². The van der Waals surface area contributed by atoms with E-state index >= 15 is 0 Å². The predicted octanol–water partition coefficient (Wildman–Crippen LogP) is 4.17. The van der Waals surface area contributed by atoms with Crippen LogP contribution in [0.5, 0.6) is 11.5 Å². The highest BCUT2D eigenvalue weighted by molar-refractivity contribution is 5.99. The third-order valence-electron chi connectivity index (χ3n) is 6.03. The first kappa shape index (κ1) is 17.3. The zero-order valence-corrected chi connectivity index (χ0v) is 15.3. The number of phenols is 1. The highest BCUT2D eigenvalue weighted by Crippen LogP contribution is 2.61. The lowest BCUT2D eigenvalue weighted by Gasteiger charge is -2.54. The van der Waals surface area contributed by atoms with Gasteiger partial charge >= 0.3 is 0 Å². The summed E-state index contributed by atoms with van der Waals surface area (Å²) in [6, 6.07) is 1.86. The number of aliphatic hydroxyl groups is 1. The number of ether oxygens (including phenoxy) is 1. The van der Waals surface area contributed by atoms with Crippen molar-refractivity contribution in [3.63, 3.8) is 0 Å². The molecule has 1 fully saturated rings. The highest BCUT2D eigenvalue weighted by atomic mass is 16.6. The smallest absolute Gasteiger partial charge is 0.211 e. The van der Waals surface area contributed by atoms with Crippen molar-refractivity contribution in [3.8, 4) is 11.5 Å². The minimum Gasteiger partial charge on any atom is -0.507 e. The monoisotopic (exact) mass is 332 g/mol. The van der Waals surface area contributed by atoms with Gasteiger partial charge in [-0.3, -0.25) is 4.79 Å². The van der Waals surface area contributed by atoms with E-state index in [1.54, 1.807) is 0 Å². The van der Waals surface area contributed by atoms with Gasteiger partial charge in [-0.25, -0.2) is 0 Å². The maximum absolute atomic E-state index is 12.2. The summed E-state index contributed by atoms with van der Waals surface area (Å²) in [6.07, 6.45) is 2.95. The molecule has 4 heteroatoms. The Morgan fingerprint density at radius 3 is 2.62 bits per heavy atom. The van der Waals surface area contributed by atoms with Crippen molar-refractivity contribution in [2.75, 3.05) is 0 Å². The second kappa shape index (κ2) is 5.48. The van der Waals surface area contributed by atoms with Crippen LogP contribution in [0, 0.1) is 11.3 Å². The van der Waals surface area contributed by atoms with Crippen LogP contribution in [-0.4, -0.2) is 21.8 Å². The van der Waals surface area contributed by atoms with Crippen molar-refractivity contribution in [1.29, 1.82) is 0 Å². The second-order valence-electron chi connectivity index (χ2n) is 8.18. The maximum atomic E-state index is 12.2. The Kier molecular flexibility index (Phi) is 3.95. The Morgan fingerprint density at radius 1 is 1.38 bits per heavy atom. The third kappa shape index (κ3) is 2.34. The lowest BCUT2D eigenvalue weighted by atomic mass is 9.58. The molecule has 0 saturated heterocycles. The Balaban J connectivity index is 2.29. The van der Waals surface area contributed by atoms with Gasteiger partial charge in [0.25, 0.3) is 0 Å². The molecule has 0 spiro atoms. The Labute approximate surface area is 143 Å². The molecule has 1 unspecified atom stereocenters. The Morgan fingerprint density at radius 2 is 2.04 bits per heavy atom. The molecular formula is C20H28O4. The molecular weight excluding hydrogens is 304 g/mol. The van der Waals surface area contributed by atoms with Gasteiger partial charge in [0, 0.05) is 23.8 Å². The van der Waals surface area contributed by atoms with E-state index in [1.807, 2.05) is 19.9 Å². The number of benzene rings is 1. The van der Waals surface area contributed by atoms with E-state index in [0.717, 1.165) is 18.4 Å². The van der Waals surface area contributed by atoms with Crippen LogP contribution >= 0.6 is 0 Å². The molecule has 24 heavy (non-hydrogen) atoms. The van der Waals surface area contributed by atoms with Gasteiger partial charge in [-0.05, 0) is 36.8 Å². The number of hydrogen-bond donors (Lipinski definition) is 2. The number of fused-ring (bicyclic) bond motifs is 4. The summed E-state index contributed by atoms with van der Waals surface area (Å²) in [7, 11) is 0. The van der Waals surface area contributed by atoms with Crippen LogP contribution in [0.15, 0.2) is 6.07 Å². The van der Waals surface area contributed by atoms with E-state index < -0.39 is 5.79 Å². The molecule has 0 aromatic heterocycles. The van der Waals surface area contributed by atoms with Crippen LogP contribution in [0.1, 0.15) is 81.3 Å². The molecule has 1 aliphatic carbocycles. The van der Waals surface area contributed by atoms with Crippen molar-refractivity contribution < 1.29 is 19.7 Å². The number of rotatable bonds is 3. The fourth-order valence-corrected chi connectivity index (χ4v) is 4.75. The highest BCUT2D eigenvalue weighted by Gasteiger charge is 2.56. The van der Waals surface area contributed by atoms with Crippen molar-refractivity contribution in [2.45, 2.75) is 72.0 Å². The van der Waals surface area contributed by atoms with Gasteiger partial charge in [0.05, 0.1) is 5.56 Å². The van der Waals surface area contributed by atoms with E-state index in [0.29, 0.717) is 29.7 Å². The van der Waals surface area contributed by atoms with Crippen molar-refractivity contribution >= 4 is 5.78 Å². The average molecular weight is 332 g/mol. The van der Waals surface area contributed by atoms with Gasteiger partial charge < -0.3 is 14.9 Å². The van der Waals surface area contributed by atoms with Crippen LogP contribution in [0.4, 0.5) is 0 Å². The number of carbonyl (C=O) groups excluding carboxylic acids is 1. The van der Waals surface area contributed by atoms with Crippen molar-refractivity contribution in [3.05, 3.63) is 22.8 Å².